The van der Waals surface area contributed by atoms with Gasteiger partial charge in [-0.15, -0.1) is 11.3 Å². The molecule has 0 aliphatic heterocycles. The van der Waals surface area contributed by atoms with E-state index in [0.29, 0.717) is 0 Å². The fraction of sp³-hybridized carbons (Fsp3) is 0.231. The third kappa shape index (κ3) is 1.90. The standard InChI is InChI=1S/C13H15NS/c1-3-4-5-12-9(2)11-8-10(14)6-7-13(11)15-12/h4-8H,3,14H2,1-2H3/b5-4-. The molecule has 0 fully saturated rings. The second-order valence-corrected chi connectivity index (χ2v) is 4.74. The molecule has 0 aliphatic carbocycles. The predicted octanol–water partition coefficient (Wildman–Crippen LogP) is 4.22. The van der Waals surface area contributed by atoms with Crippen LogP contribution >= 0.6 is 11.3 Å². The zero-order valence-electron chi connectivity index (χ0n) is 9.08. The molecule has 0 bridgehead atoms. The molecule has 1 nitrogen and oxygen atoms in total. The van der Waals surface area contributed by atoms with Crippen molar-refractivity contribution in [3.05, 3.63) is 34.7 Å². The molecule has 1 aromatic carbocycles. The van der Waals surface area contributed by atoms with E-state index in [0.717, 1.165) is 12.1 Å². The van der Waals surface area contributed by atoms with Crippen molar-refractivity contribution in [2.45, 2.75) is 20.3 Å². The number of hydrogen-bond donors (Lipinski definition) is 1. The zero-order chi connectivity index (χ0) is 10.8. The van der Waals surface area contributed by atoms with Gasteiger partial charge in [-0.25, -0.2) is 0 Å². The molecule has 2 heteroatoms. The maximum Gasteiger partial charge on any atom is 0.0353 e. The molecule has 1 aromatic heterocycles. The topological polar surface area (TPSA) is 26.0 Å². The van der Waals surface area contributed by atoms with Crippen LogP contribution in [0.15, 0.2) is 24.3 Å². The van der Waals surface area contributed by atoms with Crippen LogP contribution in [0.1, 0.15) is 23.8 Å². The van der Waals surface area contributed by atoms with Gasteiger partial charge in [0, 0.05) is 15.3 Å². The summed E-state index contributed by atoms with van der Waals surface area (Å²) < 4.78 is 1.32. The summed E-state index contributed by atoms with van der Waals surface area (Å²) in [5, 5.41) is 1.29. The van der Waals surface area contributed by atoms with Gasteiger partial charge in [-0.2, -0.15) is 0 Å². The molecule has 0 unspecified atom stereocenters. The minimum absolute atomic E-state index is 0.842. The number of benzene rings is 1. The van der Waals surface area contributed by atoms with E-state index in [9.17, 15) is 0 Å². The Hall–Kier alpha value is -1.28. The highest BCUT2D eigenvalue weighted by molar-refractivity contribution is 7.20. The Morgan fingerprint density at radius 1 is 1.40 bits per heavy atom. The number of anilines is 1. The molecule has 0 atom stereocenters. The summed E-state index contributed by atoms with van der Waals surface area (Å²) in [6.07, 6.45) is 5.48. The van der Waals surface area contributed by atoms with Gasteiger partial charge in [0.15, 0.2) is 0 Å². The lowest BCUT2D eigenvalue weighted by Crippen LogP contribution is -1.82. The van der Waals surface area contributed by atoms with Gasteiger partial charge in [0.2, 0.25) is 0 Å². The summed E-state index contributed by atoms with van der Waals surface area (Å²) >= 11 is 1.83. The van der Waals surface area contributed by atoms with Gasteiger partial charge in [-0.05, 0) is 48.6 Å². The predicted molar refractivity (Wildman–Crippen MR) is 70.3 cm³/mol. The molecular weight excluding hydrogens is 202 g/mol. The molecule has 2 aromatic rings. The van der Waals surface area contributed by atoms with Crippen molar-refractivity contribution in [2.75, 3.05) is 5.73 Å². The van der Waals surface area contributed by atoms with Gasteiger partial charge in [0.1, 0.15) is 0 Å². The van der Waals surface area contributed by atoms with Crippen molar-refractivity contribution >= 4 is 33.2 Å². The van der Waals surface area contributed by atoms with Crippen LogP contribution in [0.2, 0.25) is 0 Å². The van der Waals surface area contributed by atoms with Gasteiger partial charge in [-0.3, -0.25) is 0 Å². The maximum absolute atomic E-state index is 5.79. The summed E-state index contributed by atoms with van der Waals surface area (Å²) in [5.41, 5.74) is 7.97. The molecule has 0 aliphatic rings. The van der Waals surface area contributed by atoms with Crippen LogP contribution in [0.25, 0.3) is 16.2 Å². The van der Waals surface area contributed by atoms with Crippen LogP contribution < -0.4 is 5.73 Å². The number of thiophene rings is 1. The van der Waals surface area contributed by atoms with Crippen LogP contribution in [0, 0.1) is 6.92 Å². The van der Waals surface area contributed by atoms with Crippen molar-refractivity contribution in [3.63, 3.8) is 0 Å². The molecule has 0 spiro atoms. The summed E-state index contributed by atoms with van der Waals surface area (Å²) in [7, 11) is 0. The smallest absolute Gasteiger partial charge is 0.0353 e. The van der Waals surface area contributed by atoms with Crippen LogP contribution in [-0.2, 0) is 0 Å². The van der Waals surface area contributed by atoms with E-state index < -0.39 is 0 Å². The van der Waals surface area contributed by atoms with Crippen molar-refractivity contribution in [2.24, 2.45) is 0 Å². The van der Waals surface area contributed by atoms with Crippen LogP contribution in [0.3, 0.4) is 0 Å². The van der Waals surface area contributed by atoms with Crippen LogP contribution in [0.5, 0.6) is 0 Å². The van der Waals surface area contributed by atoms with Gasteiger partial charge in [0.05, 0.1) is 0 Å². The number of hydrogen-bond acceptors (Lipinski definition) is 2. The lowest BCUT2D eigenvalue weighted by atomic mass is 10.1. The Morgan fingerprint density at radius 3 is 2.93 bits per heavy atom. The first kappa shape index (κ1) is 10.2. The van der Waals surface area contributed by atoms with E-state index in [1.807, 2.05) is 17.4 Å². The van der Waals surface area contributed by atoms with Gasteiger partial charge < -0.3 is 5.73 Å². The highest BCUT2D eigenvalue weighted by atomic mass is 32.1. The molecule has 15 heavy (non-hydrogen) atoms. The average Bonchev–Trinajstić information content (AvgIpc) is 2.53. The van der Waals surface area contributed by atoms with E-state index in [1.165, 1.54) is 20.5 Å². The summed E-state index contributed by atoms with van der Waals surface area (Å²) in [4.78, 5) is 1.34. The van der Waals surface area contributed by atoms with Crippen molar-refractivity contribution in [1.29, 1.82) is 0 Å². The molecule has 0 saturated carbocycles. The van der Waals surface area contributed by atoms with Gasteiger partial charge in [-0.1, -0.05) is 13.0 Å². The molecule has 1 heterocycles. The molecule has 0 radical (unpaired) electrons. The molecule has 78 valence electrons. The fourth-order valence-corrected chi connectivity index (χ4v) is 2.76. The van der Waals surface area contributed by atoms with Crippen molar-refractivity contribution in [3.8, 4) is 0 Å². The first-order valence-corrected chi connectivity index (χ1v) is 5.99. The Morgan fingerprint density at radius 2 is 2.20 bits per heavy atom. The fourth-order valence-electron chi connectivity index (χ4n) is 1.64. The minimum atomic E-state index is 0.842. The number of nitrogen functional groups attached to an aromatic ring is 1. The molecule has 0 amide bonds. The summed E-state index contributed by atoms with van der Waals surface area (Å²) in [6.45, 7) is 4.31. The van der Waals surface area contributed by atoms with E-state index in [-0.39, 0.29) is 0 Å². The first-order chi connectivity index (χ1) is 7.22. The summed E-state index contributed by atoms with van der Waals surface area (Å²) in [5.74, 6) is 0. The maximum atomic E-state index is 5.79. The largest absolute Gasteiger partial charge is 0.399 e. The normalized spacial score (nSPS) is 11.6. The van der Waals surface area contributed by atoms with E-state index in [1.54, 1.807) is 0 Å². The lowest BCUT2D eigenvalue weighted by Gasteiger charge is -1.94. The number of aryl methyl sites for hydroxylation is 1. The molecule has 2 rings (SSSR count). The van der Waals surface area contributed by atoms with Crippen LogP contribution in [-0.4, -0.2) is 0 Å². The van der Waals surface area contributed by atoms with Gasteiger partial charge in [0.25, 0.3) is 0 Å². The zero-order valence-corrected chi connectivity index (χ0v) is 9.90. The van der Waals surface area contributed by atoms with Gasteiger partial charge >= 0.3 is 0 Å². The summed E-state index contributed by atoms with van der Waals surface area (Å²) in [6, 6.07) is 6.13. The van der Waals surface area contributed by atoms with Crippen LogP contribution in [0.4, 0.5) is 5.69 Å². The quantitative estimate of drug-likeness (QED) is 0.749. The third-order valence-electron chi connectivity index (χ3n) is 2.50. The lowest BCUT2D eigenvalue weighted by molar-refractivity contribution is 1.23. The number of nitrogens with two attached hydrogens (primary N) is 1. The van der Waals surface area contributed by atoms with E-state index >= 15 is 0 Å². The SMILES string of the molecule is CC/C=C\c1sc2ccc(N)cc2c1C. The van der Waals surface area contributed by atoms with E-state index in [4.69, 9.17) is 5.73 Å². The third-order valence-corrected chi connectivity index (χ3v) is 3.74. The highest BCUT2D eigenvalue weighted by Gasteiger charge is 2.05. The monoisotopic (exact) mass is 217 g/mol. The molecule has 2 N–H and O–H groups in total. The van der Waals surface area contributed by atoms with E-state index in [2.05, 4.69) is 38.1 Å². The average molecular weight is 217 g/mol. The Kier molecular flexibility index (Phi) is 2.78. The second-order valence-electron chi connectivity index (χ2n) is 3.66. The Balaban J connectivity index is 2.59. The van der Waals surface area contributed by atoms with Crippen molar-refractivity contribution < 1.29 is 0 Å². The molecule has 0 saturated heterocycles. The minimum Gasteiger partial charge on any atom is -0.399 e. The highest BCUT2D eigenvalue weighted by Crippen LogP contribution is 2.32. The Bertz CT molecular complexity index is 508. The number of fused-ring (bicyclic) bond motifs is 1. The first-order valence-electron chi connectivity index (χ1n) is 5.17. The molecular formula is C13H15NS. The van der Waals surface area contributed by atoms with Crippen molar-refractivity contribution in [1.82, 2.24) is 0 Å². The number of allylic oxidation sites excluding steroid dienone is 1. The number of rotatable bonds is 2. The second kappa shape index (κ2) is 4.07. The Labute approximate surface area is 94.2 Å².